The van der Waals surface area contributed by atoms with Crippen molar-refractivity contribution < 1.29 is 0 Å². The zero-order chi connectivity index (χ0) is 19.3. The standard InChI is InChI=1S/C25H36N4/c1(2-4-26-16-28-24-10-18-6-20(12-24)21(7-18)13-24)3-5-27-17-29-25-11-19-8-22(14-25)23(9-19)15-25/h18-23H,1-15H2. The first kappa shape index (κ1) is 18.5. The quantitative estimate of drug-likeness (QED) is 0.378. The highest BCUT2D eigenvalue weighted by molar-refractivity contribution is 5.43. The van der Waals surface area contributed by atoms with Gasteiger partial charge in [-0.25, -0.2) is 20.0 Å². The van der Waals surface area contributed by atoms with Gasteiger partial charge in [0.2, 0.25) is 0 Å². The van der Waals surface area contributed by atoms with Crippen molar-refractivity contribution in [1.82, 2.24) is 0 Å². The number of unbranched alkanes of at least 4 members (excludes halogenated alkanes) is 2. The lowest BCUT2D eigenvalue weighted by Gasteiger charge is -2.33. The zero-order valence-electron chi connectivity index (χ0n) is 17.9. The number of hydrogen-bond donors (Lipinski definition) is 0. The van der Waals surface area contributed by atoms with Crippen LogP contribution < -0.4 is 0 Å². The molecule has 4 nitrogen and oxygen atoms in total. The van der Waals surface area contributed by atoms with Gasteiger partial charge < -0.3 is 0 Å². The van der Waals surface area contributed by atoms with E-state index < -0.39 is 0 Å². The van der Waals surface area contributed by atoms with Gasteiger partial charge in [-0.3, -0.25) is 0 Å². The SMILES string of the molecule is C(=NCCCCCN=C=NC12CC3CC(C1)C(C3)C2)=NC12CC3CC(C1)C(C3)C2. The van der Waals surface area contributed by atoms with Gasteiger partial charge in [-0.15, -0.1) is 0 Å². The monoisotopic (exact) mass is 392 g/mol. The first-order chi connectivity index (χ1) is 14.2. The number of aliphatic imine (C=N–C) groups is 4. The van der Waals surface area contributed by atoms with Crippen molar-refractivity contribution in [2.75, 3.05) is 13.1 Å². The van der Waals surface area contributed by atoms with Crippen LogP contribution in [-0.4, -0.2) is 36.2 Å². The Morgan fingerprint density at radius 1 is 0.552 bits per heavy atom. The minimum Gasteiger partial charge on any atom is -0.226 e. The van der Waals surface area contributed by atoms with E-state index in [2.05, 4.69) is 22.0 Å². The molecule has 0 N–H and O–H groups in total. The Hall–Kier alpha value is -1.24. The van der Waals surface area contributed by atoms with E-state index in [1.54, 1.807) is 0 Å². The Labute approximate surface area is 175 Å². The molecule has 8 saturated carbocycles. The summed E-state index contributed by atoms with van der Waals surface area (Å²) in [5, 5.41) is 0. The highest BCUT2D eigenvalue weighted by Crippen LogP contribution is 2.62. The molecule has 8 aliphatic rings. The molecule has 8 bridgehead atoms. The van der Waals surface area contributed by atoms with Gasteiger partial charge >= 0.3 is 0 Å². The molecular formula is C25H36N4. The molecule has 8 rings (SSSR count). The molecule has 0 aromatic carbocycles. The van der Waals surface area contributed by atoms with E-state index in [-0.39, 0.29) is 11.1 Å². The van der Waals surface area contributed by atoms with Gasteiger partial charge in [0, 0.05) is 13.1 Å². The van der Waals surface area contributed by atoms with Crippen molar-refractivity contribution >= 4 is 12.0 Å². The molecule has 4 atom stereocenters. The fourth-order valence-electron chi connectivity index (χ4n) is 8.75. The van der Waals surface area contributed by atoms with Crippen LogP contribution in [0.1, 0.15) is 83.5 Å². The van der Waals surface area contributed by atoms with E-state index >= 15 is 0 Å². The minimum absolute atomic E-state index is 0.242. The summed E-state index contributed by atoms with van der Waals surface area (Å²) in [6.45, 7) is 1.72. The summed E-state index contributed by atoms with van der Waals surface area (Å²) in [4.78, 5) is 18.6. The highest BCUT2D eigenvalue weighted by atomic mass is 14.9. The summed E-state index contributed by atoms with van der Waals surface area (Å²) < 4.78 is 0. The van der Waals surface area contributed by atoms with Crippen molar-refractivity contribution in [2.24, 2.45) is 55.5 Å². The second-order valence-corrected chi connectivity index (χ2v) is 11.6. The predicted octanol–water partition coefficient (Wildman–Crippen LogP) is 5.66. The Balaban J connectivity index is 0.891. The lowest BCUT2D eigenvalue weighted by molar-refractivity contribution is 0.237. The topological polar surface area (TPSA) is 49.4 Å². The van der Waals surface area contributed by atoms with Gasteiger partial charge in [-0.1, -0.05) is 0 Å². The van der Waals surface area contributed by atoms with Crippen molar-refractivity contribution in [3.63, 3.8) is 0 Å². The zero-order valence-corrected chi connectivity index (χ0v) is 17.9. The maximum absolute atomic E-state index is 4.83. The van der Waals surface area contributed by atoms with Gasteiger partial charge in [0.1, 0.15) is 0 Å². The Morgan fingerprint density at radius 3 is 1.34 bits per heavy atom. The average molecular weight is 393 g/mol. The van der Waals surface area contributed by atoms with Gasteiger partial charge in [-0.05, 0) is 119 Å². The molecule has 29 heavy (non-hydrogen) atoms. The van der Waals surface area contributed by atoms with Gasteiger partial charge in [0.05, 0.1) is 23.1 Å². The molecule has 0 aromatic heterocycles. The van der Waals surface area contributed by atoms with Crippen LogP contribution in [0.2, 0.25) is 0 Å². The molecule has 156 valence electrons. The first-order valence-corrected chi connectivity index (χ1v) is 12.5. The average Bonchev–Trinajstić information content (AvgIpc) is 3.31. The first-order valence-electron chi connectivity index (χ1n) is 12.5. The molecule has 8 fully saturated rings. The summed E-state index contributed by atoms with van der Waals surface area (Å²) in [5.41, 5.74) is 0.484. The van der Waals surface area contributed by atoms with E-state index in [0.29, 0.717) is 0 Å². The fourth-order valence-corrected chi connectivity index (χ4v) is 8.75. The molecule has 0 aromatic rings. The molecule has 0 spiro atoms. The number of rotatable bonds is 8. The van der Waals surface area contributed by atoms with Crippen LogP contribution in [0.3, 0.4) is 0 Å². The Morgan fingerprint density at radius 2 is 0.966 bits per heavy atom. The second kappa shape index (κ2) is 7.17. The molecule has 0 amide bonds. The van der Waals surface area contributed by atoms with Crippen LogP contribution in [0.4, 0.5) is 0 Å². The lowest BCUT2D eigenvalue weighted by atomic mass is 9.76. The summed E-state index contributed by atoms with van der Waals surface area (Å²) in [5.74, 6) is 5.81. The molecule has 4 heteroatoms. The van der Waals surface area contributed by atoms with Crippen LogP contribution in [0.5, 0.6) is 0 Å². The van der Waals surface area contributed by atoms with E-state index in [1.165, 1.54) is 70.6 Å². The number of hydrogen-bond acceptors (Lipinski definition) is 4. The van der Waals surface area contributed by atoms with Crippen LogP contribution in [-0.2, 0) is 0 Å². The van der Waals surface area contributed by atoms with Crippen molar-refractivity contribution in [3.05, 3.63) is 0 Å². The van der Waals surface area contributed by atoms with Gasteiger partial charge in [0.15, 0.2) is 0 Å². The summed E-state index contributed by atoms with van der Waals surface area (Å²) >= 11 is 0. The molecule has 4 unspecified atom stereocenters. The summed E-state index contributed by atoms with van der Waals surface area (Å²) in [7, 11) is 0. The third-order valence-electron chi connectivity index (χ3n) is 9.54. The maximum atomic E-state index is 4.83. The smallest absolute Gasteiger partial charge is 0.0898 e. The van der Waals surface area contributed by atoms with Crippen molar-refractivity contribution in [2.45, 2.75) is 94.5 Å². The van der Waals surface area contributed by atoms with Gasteiger partial charge in [-0.2, -0.15) is 0 Å². The fraction of sp³-hybridized carbons (Fsp3) is 0.920. The van der Waals surface area contributed by atoms with Gasteiger partial charge in [0.25, 0.3) is 0 Å². The largest absolute Gasteiger partial charge is 0.226 e. The molecule has 0 aliphatic heterocycles. The van der Waals surface area contributed by atoms with Crippen molar-refractivity contribution in [3.8, 4) is 0 Å². The second-order valence-electron chi connectivity index (χ2n) is 11.6. The van der Waals surface area contributed by atoms with E-state index in [0.717, 1.165) is 61.4 Å². The van der Waals surface area contributed by atoms with E-state index in [4.69, 9.17) is 9.98 Å². The van der Waals surface area contributed by atoms with Crippen LogP contribution in [0.25, 0.3) is 0 Å². The third kappa shape index (κ3) is 3.47. The Kier molecular flexibility index (Phi) is 4.58. The number of nitrogens with zero attached hydrogens (tertiary/aromatic N) is 4. The lowest BCUT2D eigenvalue weighted by Crippen LogP contribution is -2.31. The van der Waals surface area contributed by atoms with Crippen LogP contribution in [0, 0.1) is 35.5 Å². The molecule has 8 aliphatic carbocycles. The normalized spacial score (nSPS) is 47.3. The third-order valence-corrected chi connectivity index (χ3v) is 9.54. The minimum atomic E-state index is 0.242. The molecule has 0 heterocycles. The van der Waals surface area contributed by atoms with Crippen LogP contribution >= 0.6 is 0 Å². The van der Waals surface area contributed by atoms with Crippen LogP contribution in [0.15, 0.2) is 20.0 Å². The molecular weight excluding hydrogens is 356 g/mol. The maximum Gasteiger partial charge on any atom is 0.0898 e. The summed E-state index contributed by atoms with van der Waals surface area (Å²) in [6, 6.07) is 6.17. The molecule has 0 radical (unpaired) electrons. The van der Waals surface area contributed by atoms with Crippen molar-refractivity contribution in [1.29, 1.82) is 0 Å². The Bertz CT molecular complexity index is 669. The highest BCUT2D eigenvalue weighted by Gasteiger charge is 2.56. The molecule has 0 saturated heterocycles. The van der Waals surface area contributed by atoms with E-state index in [9.17, 15) is 0 Å². The summed E-state index contributed by atoms with van der Waals surface area (Å²) in [6.07, 6.45) is 17.2. The van der Waals surface area contributed by atoms with E-state index in [1.807, 2.05) is 0 Å². The predicted molar refractivity (Wildman–Crippen MR) is 116 cm³/mol.